The predicted molar refractivity (Wildman–Crippen MR) is 425 cm³/mol. The molecule has 11 aromatic carbocycles. The molecule has 0 unspecified atom stereocenters. The molecular formula is C92H96N4O6. The van der Waals surface area contributed by atoms with Crippen molar-refractivity contribution in [1.29, 1.82) is 0 Å². The largest absolute Gasteiger partial charge is 0.457 e. The van der Waals surface area contributed by atoms with Crippen LogP contribution in [0, 0.1) is 21.7 Å². The number of fused-ring (bicyclic) bond motifs is 10. The van der Waals surface area contributed by atoms with Crippen molar-refractivity contribution in [3.05, 3.63) is 213 Å². The summed E-state index contributed by atoms with van der Waals surface area (Å²) in [7, 11) is 0. The highest BCUT2D eigenvalue weighted by molar-refractivity contribution is 6.45. The molecule has 0 bridgehead atoms. The van der Waals surface area contributed by atoms with Gasteiger partial charge in [-0.1, -0.05) is 211 Å². The van der Waals surface area contributed by atoms with Gasteiger partial charge in [0.2, 0.25) is 0 Å². The van der Waals surface area contributed by atoms with Crippen LogP contribution in [0.3, 0.4) is 0 Å². The highest BCUT2D eigenvalue weighted by Crippen LogP contribution is 2.58. The van der Waals surface area contributed by atoms with E-state index in [4.69, 9.17) is 28.9 Å². The summed E-state index contributed by atoms with van der Waals surface area (Å²) in [6, 6.07) is 57.4. The summed E-state index contributed by atoms with van der Waals surface area (Å²) in [5.74, 6) is 4.09. The molecule has 15 rings (SSSR count). The molecule has 15 aromatic rings. The molecule has 520 valence electrons. The Bertz CT molecular complexity index is 5540. The minimum atomic E-state index is -0.257. The maximum atomic E-state index is 16.3. The summed E-state index contributed by atoms with van der Waals surface area (Å²) in [4.78, 5) is 43.2. The SMILES string of the molecule is CC(C)(C)CC(C)(C)c1ccc(Oc2cc3c(=O)n4c5ccccc5nc4c4cc(Oc5ccc(C(C)(C)CC(C)(C)C)cc5)c5c6c(Oc7ccc(C(C)(C)CC(C)(C)C)cc7)cc7c(=O)n8c9ccccc9nc8c8cc(Oc9ccc(C(C)(C)CC(C)(C)C)cc9)c(c2c5c34)c6c78)cc1. The molecule has 0 atom stereocenters. The monoisotopic (exact) mass is 1350 g/mol. The molecule has 102 heavy (non-hydrogen) atoms. The van der Waals surface area contributed by atoms with Crippen LogP contribution in [0.4, 0.5) is 0 Å². The number of hydrogen-bond acceptors (Lipinski definition) is 8. The van der Waals surface area contributed by atoms with Crippen LogP contribution < -0.4 is 30.1 Å². The lowest BCUT2D eigenvalue weighted by Crippen LogP contribution is -2.24. The first-order valence-corrected chi connectivity index (χ1v) is 36.4. The fraction of sp³-hybridized carbons (Fsp3) is 0.348. The zero-order valence-electron chi connectivity index (χ0n) is 63.2. The molecular weight excluding hydrogens is 1260 g/mol. The lowest BCUT2D eigenvalue weighted by Gasteiger charge is -2.33. The average Bonchev–Trinajstić information content (AvgIpc) is 0.998. The number of aromatic nitrogens is 4. The Balaban J connectivity index is 1.13. The maximum Gasteiger partial charge on any atom is 0.264 e. The first-order chi connectivity index (χ1) is 47.8. The molecule has 0 aliphatic heterocycles. The molecule has 0 saturated carbocycles. The molecule has 10 heteroatoms. The molecule has 0 N–H and O–H groups in total. The van der Waals surface area contributed by atoms with E-state index < -0.39 is 0 Å². The van der Waals surface area contributed by atoms with Crippen molar-refractivity contribution in [2.45, 2.75) is 186 Å². The number of benzene rings is 11. The van der Waals surface area contributed by atoms with Gasteiger partial charge in [-0.3, -0.25) is 18.4 Å². The number of nitrogens with zero attached hydrogens (tertiary/aromatic N) is 4. The Morgan fingerprint density at radius 1 is 0.284 bits per heavy atom. The van der Waals surface area contributed by atoms with Crippen LogP contribution in [-0.4, -0.2) is 18.8 Å². The van der Waals surface area contributed by atoms with Gasteiger partial charge in [-0.2, -0.15) is 0 Å². The second kappa shape index (κ2) is 23.4. The zero-order valence-corrected chi connectivity index (χ0v) is 63.2. The summed E-state index contributed by atoms with van der Waals surface area (Å²) in [5.41, 5.74) is 7.57. The third-order valence-corrected chi connectivity index (χ3v) is 21.0. The van der Waals surface area contributed by atoms with E-state index >= 15 is 9.59 Å². The number of pyridine rings is 2. The molecule has 0 amide bonds. The standard InChI is InChI=1S/C92H96N4O6/c1-85(2,3)49-89(13,14)53-29-37-57(38-30-53)99-69-45-61-73-63(83(97)95-67-27-23-21-25-65(67)93-81(61)95)48-72(102-60-43-35-56(36-44-60)92(19,20)52-88(10,11)12)78-76-70(100-58-39-31-54(32-40-58)90(15,16)50-86(4,5)6)46-62-74-64(84(98)96-68-28-24-22-26-66(68)94-82(62)96)47-71(77(80(74)76)75(69)79(73)78)101-59-41-33-55(34-42-59)91(17,18)51-87(7,8)9/h21-48H,49-52H2,1-20H3. The number of rotatable bonds is 16. The van der Waals surface area contributed by atoms with E-state index in [1.54, 1.807) is 8.80 Å². The van der Waals surface area contributed by atoms with Crippen LogP contribution in [0.2, 0.25) is 0 Å². The molecule has 0 aliphatic carbocycles. The van der Waals surface area contributed by atoms with Crippen molar-refractivity contribution in [2.75, 3.05) is 0 Å². The average molecular weight is 1350 g/mol. The van der Waals surface area contributed by atoms with Gasteiger partial charge in [0.25, 0.3) is 11.1 Å². The van der Waals surface area contributed by atoms with E-state index in [0.29, 0.717) is 144 Å². The lowest BCUT2D eigenvalue weighted by atomic mass is 9.72. The molecule has 4 aromatic heterocycles. The summed E-state index contributed by atoms with van der Waals surface area (Å²) in [6.45, 7) is 45.8. The van der Waals surface area contributed by atoms with Crippen molar-refractivity contribution in [3.8, 4) is 46.0 Å². The Hall–Kier alpha value is -9.80. The Morgan fingerprint density at radius 3 is 0.765 bits per heavy atom. The van der Waals surface area contributed by atoms with E-state index in [1.807, 2.05) is 84.9 Å². The number of para-hydroxylation sites is 4. The van der Waals surface area contributed by atoms with E-state index in [-0.39, 0.29) is 54.4 Å². The molecule has 0 fully saturated rings. The van der Waals surface area contributed by atoms with E-state index in [9.17, 15) is 0 Å². The third-order valence-electron chi connectivity index (χ3n) is 21.0. The molecule has 0 spiro atoms. The van der Waals surface area contributed by atoms with Crippen molar-refractivity contribution < 1.29 is 18.9 Å². The van der Waals surface area contributed by atoms with Crippen LogP contribution >= 0.6 is 0 Å². The van der Waals surface area contributed by atoms with Gasteiger partial charge >= 0.3 is 0 Å². The third kappa shape index (κ3) is 12.0. The predicted octanol–water partition coefficient (Wildman–Crippen LogP) is 25.3. The quantitative estimate of drug-likeness (QED) is 0.0696. The van der Waals surface area contributed by atoms with Crippen LogP contribution in [-0.2, 0) is 21.7 Å². The molecule has 4 heterocycles. The summed E-state index contributed by atoms with van der Waals surface area (Å²) in [5, 5.41) is 7.45. The topological polar surface area (TPSA) is 106 Å². The maximum absolute atomic E-state index is 16.3. The Morgan fingerprint density at radius 2 is 0.520 bits per heavy atom. The molecule has 10 nitrogen and oxygen atoms in total. The van der Waals surface area contributed by atoms with Gasteiger partial charge in [0.15, 0.2) is 0 Å². The zero-order chi connectivity index (χ0) is 72.5. The van der Waals surface area contributed by atoms with Crippen molar-refractivity contribution in [1.82, 2.24) is 18.8 Å². The van der Waals surface area contributed by atoms with Gasteiger partial charge in [-0.15, -0.1) is 0 Å². The van der Waals surface area contributed by atoms with Gasteiger partial charge in [0, 0.05) is 53.9 Å². The first-order valence-electron chi connectivity index (χ1n) is 36.4. The van der Waals surface area contributed by atoms with Crippen LogP contribution in [0.1, 0.15) is 186 Å². The molecule has 0 radical (unpaired) electrons. The Kier molecular flexibility index (Phi) is 15.6. The minimum Gasteiger partial charge on any atom is -0.457 e. The van der Waals surface area contributed by atoms with Gasteiger partial charge in [0.1, 0.15) is 57.3 Å². The van der Waals surface area contributed by atoms with Crippen LogP contribution in [0.25, 0.3) is 98.0 Å². The van der Waals surface area contributed by atoms with Gasteiger partial charge in [-0.05, 0) is 188 Å². The molecule has 0 aliphatic rings. The normalized spacial score (nSPS) is 13.5. The van der Waals surface area contributed by atoms with Gasteiger partial charge < -0.3 is 18.9 Å². The highest BCUT2D eigenvalue weighted by Gasteiger charge is 2.36. The Labute approximate surface area is 598 Å². The second-order valence-corrected chi connectivity index (χ2v) is 36.8. The number of ether oxygens (including phenoxy) is 4. The first kappa shape index (κ1) is 68.0. The van der Waals surface area contributed by atoms with Gasteiger partial charge in [0.05, 0.1) is 32.8 Å². The van der Waals surface area contributed by atoms with Crippen molar-refractivity contribution in [3.63, 3.8) is 0 Å². The summed E-state index contributed by atoms with van der Waals surface area (Å²) >= 11 is 0. The highest BCUT2D eigenvalue weighted by atomic mass is 16.5. The lowest BCUT2D eigenvalue weighted by molar-refractivity contribution is 0.283. The summed E-state index contributed by atoms with van der Waals surface area (Å²) in [6.07, 6.45) is 3.84. The van der Waals surface area contributed by atoms with Gasteiger partial charge in [-0.25, -0.2) is 9.97 Å². The van der Waals surface area contributed by atoms with Crippen molar-refractivity contribution in [2.24, 2.45) is 21.7 Å². The molecule has 0 saturated heterocycles. The second-order valence-electron chi connectivity index (χ2n) is 36.8. The van der Waals surface area contributed by atoms with Crippen molar-refractivity contribution >= 4 is 98.0 Å². The summed E-state index contributed by atoms with van der Waals surface area (Å²) < 4.78 is 33.9. The fourth-order valence-corrected chi connectivity index (χ4v) is 18.4. The minimum absolute atomic E-state index is 0.0738. The van der Waals surface area contributed by atoms with E-state index in [0.717, 1.165) is 25.7 Å². The van der Waals surface area contributed by atoms with Crippen LogP contribution in [0.15, 0.2) is 179 Å². The van der Waals surface area contributed by atoms with E-state index in [1.165, 1.54) is 22.3 Å². The van der Waals surface area contributed by atoms with E-state index in [2.05, 4.69) is 223 Å². The fourth-order valence-electron chi connectivity index (χ4n) is 18.4. The van der Waals surface area contributed by atoms with Crippen LogP contribution in [0.5, 0.6) is 46.0 Å². The number of hydrogen-bond donors (Lipinski definition) is 0. The smallest absolute Gasteiger partial charge is 0.264 e. The number of imidazole rings is 2.